The summed E-state index contributed by atoms with van der Waals surface area (Å²) in [6.07, 6.45) is 4.66. The second kappa shape index (κ2) is 4.34. The number of fused-ring (bicyclic) bond motifs is 2. The number of aromatic amines is 1. The van der Waals surface area contributed by atoms with Crippen LogP contribution < -0.4 is 10.9 Å². The van der Waals surface area contributed by atoms with E-state index in [2.05, 4.69) is 36.1 Å². The Balaban J connectivity index is 1.91. The molecular formula is C16H25N3O. The van der Waals surface area contributed by atoms with E-state index in [1.165, 1.54) is 19.3 Å². The molecule has 2 saturated carbocycles. The van der Waals surface area contributed by atoms with Crippen molar-refractivity contribution >= 4 is 5.82 Å². The van der Waals surface area contributed by atoms with E-state index in [0.717, 1.165) is 24.0 Å². The number of aryl methyl sites for hydroxylation is 1. The van der Waals surface area contributed by atoms with Gasteiger partial charge in [0.2, 0.25) is 0 Å². The molecule has 3 rings (SSSR count). The van der Waals surface area contributed by atoms with Gasteiger partial charge in [0.15, 0.2) is 0 Å². The summed E-state index contributed by atoms with van der Waals surface area (Å²) in [4.78, 5) is 19.0. The Kier molecular flexibility index (Phi) is 2.96. The van der Waals surface area contributed by atoms with Gasteiger partial charge in [-0.15, -0.1) is 0 Å². The number of aromatic nitrogens is 2. The summed E-state index contributed by atoms with van der Waals surface area (Å²) < 4.78 is 0. The molecule has 0 spiro atoms. The quantitative estimate of drug-likeness (QED) is 0.891. The monoisotopic (exact) mass is 275 g/mol. The highest BCUT2D eigenvalue weighted by molar-refractivity contribution is 5.38. The van der Waals surface area contributed by atoms with E-state index in [1.54, 1.807) is 6.07 Å². The van der Waals surface area contributed by atoms with Gasteiger partial charge in [-0.2, -0.15) is 0 Å². The molecule has 4 heteroatoms. The number of anilines is 1. The van der Waals surface area contributed by atoms with Crippen LogP contribution >= 0.6 is 0 Å². The Morgan fingerprint density at radius 2 is 2.20 bits per heavy atom. The molecule has 0 aromatic carbocycles. The average molecular weight is 275 g/mol. The lowest BCUT2D eigenvalue weighted by molar-refractivity contribution is 0.155. The van der Waals surface area contributed by atoms with E-state index in [1.807, 2.05) is 6.92 Å². The molecule has 1 aromatic heterocycles. The maximum atomic E-state index is 11.7. The largest absolute Gasteiger partial charge is 0.366 e. The van der Waals surface area contributed by atoms with Crippen LogP contribution in [0.3, 0.4) is 0 Å². The molecule has 20 heavy (non-hydrogen) atoms. The summed E-state index contributed by atoms with van der Waals surface area (Å²) in [5.74, 6) is 2.28. The molecule has 2 bridgehead atoms. The zero-order valence-electron chi connectivity index (χ0n) is 12.9. The molecule has 3 unspecified atom stereocenters. The van der Waals surface area contributed by atoms with Crippen LogP contribution in [0.1, 0.15) is 52.8 Å². The van der Waals surface area contributed by atoms with Gasteiger partial charge in [-0.05, 0) is 36.0 Å². The van der Waals surface area contributed by atoms with Crippen molar-refractivity contribution in [3.63, 3.8) is 0 Å². The summed E-state index contributed by atoms with van der Waals surface area (Å²) in [5, 5.41) is 3.59. The van der Waals surface area contributed by atoms with Gasteiger partial charge in [0.25, 0.3) is 5.56 Å². The number of nitrogens with one attached hydrogen (secondary N) is 2. The smallest absolute Gasteiger partial charge is 0.252 e. The predicted molar refractivity (Wildman–Crippen MR) is 80.9 cm³/mol. The topological polar surface area (TPSA) is 57.8 Å². The minimum absolute atomic E-state index is 0.0644. The normalized spacial score (nSPS) is 34.4. The van der Waals surface area contributed by atoms with Crippen LogP contribution in [-0.4, -0.2) is 16.0 Å². The molecule has 0 amide bonds. The van der Waals surface area contributed by atoms with Crippen LogP contribution in [0.2, 0.25) is 0 Å². The van der Waals surface area contributed by atoms with Crippen molar-refractivity contribution in [1.82, 2.24) is 9.97 Å². The fraction of sp³-hybridized carbons (Fsp3) is 0.750. The predicted octanol–water partition coefficient (Wildman–Crippen LogP) is 2.96. The summed E-state index contributed by atoms with van der Waals surface area (Å²) in [5.41, 5.74) is 0.541. The molecule has 2 N–H and O–H groups in total. The second-order valence-electron chi connectivity index (χ2n) is 7.42. The highest BCUT2D eigenvalue weighted by Gasteiger charge is 2.59. The van der Waals surface area contributed by atoms with Crippen LogP contribution in [0.15, 0.2) is 10.9 Å². The lowest BCUT2D eigenvalue weighted by Crippen LogP contribution is -2.46. The maximum Gasteiger partial charge on any atom is 0.252 e. The Morgan fingerprint density at radius 1 is 1.45 bits per heavy atom. The van der Waals surface area contributed by atoms with Gasteiger partial charge in [0.1, 0.15) is 11.6 Å². The van der Waals surface area contributed by atoms with Gasteiger partial charge in [-0.1, -0.05) is 27.7 Å². The third-order valence-electron chi connectivity index (χ3n) is 5.69. The Bertz CT molecular complexity index is 573. The van der Waals surface area contributed by atoms with Gasteiger partial charge in [-0.3, -0.25) is 4.79 Å². The van der Waals surface area contributed by atoms with Crippen molar-refractivity contribution in [3.8, 4) is 0 Å². The fourth-order valence-corrected chi connectivity index (χ4v) is 4.56. The van der Waals surface area contributed by atoms with Crippen molar-refractivity contribution in [1.29, 1.82) is 0 Å². The van der Waals surface area contributed by atoms with E-state index in [9.17, 15) is 4.79 Å². The number of hydrogen-bond donors (Lipinski definition) is 2. The molecule has 2 aliphatic carbocycles. The third-order valence-corrected chi connectivity index (χ3v) is 5.69. The molecule has 1 aromatic rings. The van der Waals surface area contributed by atoms with Crippen molar-refractivity contribution in [2.45, 2.75) is 59.4 Å². The zero-order chi connectivity index (χ0) is 14.5. The average Bonchev–Trinajstić information content (AvgIpc) is 2.85. The van der Waals surface area contributed by atoms with Gasteiger partial charge in [0.05, 0.1) is 0 Å². The van der Waals surface area contributed by atoms with Crippen molar-refractivity contribution in [2.75, 3.05) is 5.32 Å². The molecule has 0 radical (unpaired) electrons. The molecule has 2 fully saturated rings. The zero-order valence-corrected chi connectivity index (χ0v) is 12.9. The fourth-order valence-electron chi connectivity index (χ4n) is 4.56. The lowest BCUT2D eigenvalue weighted by Gasteiger charge is -2.43. The molecule has 3 atom stereocenters. The van der Waals surface area contributed by atoms with Crippen LogP contribution in [-0.2, 0) is 6.42 Å². The first-order chi connectivity index (χ1) is 9.35. The summed E-state index contributed by atoms with van der Waals surface area (Å²) >= 11 is 0. The highest BCUT2D eigenvalue weighted by Crippen LogP contribution is 2.62. The number of H-pyrrole nitrogens is 1. The summed E-state index contributed by atoms with van der Waals surface area (Å²) in [6.45, 7) is 9.10. The summed E-state index contributed by atoms with van der Waals surface area (Å²) in [7, 11) is 0. The maximum absolute atomic E-state index is 11.7. The highest BCUT2D eigenvalue weighted by atomic mass is 16.1. The van der Waals surface area contributed by atoms with E-state index in [0.29, 0.717) is 11.5 Å². The van der Waals surface area contributed by atoms with Crippen molar-refractivity contribution in [3.05, 3.63) is 22.2 Å². The Morgan fingerprint density at radius 3 is 2.80 bits per heavy atom. The lowest BCUT2D eigenvalue weighted by atomic mass is 9.68. The molecule has 4 nitrogen and oxygen atoms in total. The van der Waals surface area contributed by atoms with Crippen molar-refractivity contribution < 1.29 is 0 Å². The van der Waals surface area contributed by atoms with Crippen LogP contribution in [0, 0.1) is 16.7 Å². The summed E-state index contributed by atoms with van der Waals surface area (Å²) in [6, 6.07) is 1.98. The molecule has 110 valence electrons. The van der Waals surface area contributed by atoms with E-state index in [-0.39, 0.29) is 11.0 Å². The van der Waals surface area contributed by atoms with Gasteiger partial charge >= 0.3 is 0 Å². The van der Waals surface area contributed by atoms with E-state index >= 15 is 0 Å². The Hall–Kier alpha value is -1.32. The van der Waals surface area contributed by atoms with Gasteiger partial charge in [0, 0.05) is 18.5 Å². The number of hydrogen-bond acceptors (Lipinski definition) is 3. The molecule has 0 saturated heterocycles. The minimum atomic E-state index is -0.0644. The third kappa shape index (κ3) is 1.97. The van der Waals surface area contributed by atoms with Crippen LogP contribution in [0.25, 0.3) is 0 Å². The second-order valence-corrected chi connectivity index (χ2v) is 7.42. The minimum Gasteiger partial charge on any atom is -0.366 e. The molecule has 1 heterocycles. The van der Waals surface area contributed by atoms with Gasteiger partial charge in [-0.25, -0.2) is 4.98 Å². The Labute approximate surface area is 120 Å². The molecule has 0 aliphatic heterocycles. The SMILES string of the molecule is CCc1nc(NC2C3(C)CCC(C3)C2(C)C)cc(=O)[nH]1. The molecule has 2 aliphatic rings. The first-order valence-electron chi connectivity index (χ1n) is 7.72. The van der Waals surface area contributed by atoms with Crippen LogP contribution in [0.4, 0.5) is 5.82 Å². The van der Waals surface area contributed by atoms with E-state index in [4.69, 9.17) is 0 Å². The number of rotatable bonds is 3. The van der Waals surface area contributed by atoms with Gasteiger partial charge < -0.3 is 10.3 Å². The first kappa shape index (κ1) is 13.7. The first-order valence-corrected chi connectivity index (χ1v) is 7.72. The van der Waals surface area contributed by atoms with E-state index < -0.39 is 0 Å². The molecular weight excluding hydrogens is 250 g/mol. The number of nitrogens with zero attached hydrogens (tertiary/aromatic N) is 1. The van der Waals surface area contributed by atoms with Crippen LogP contribution in [0.5, 0.6) is 0 Å². The van der Waals surface area contributed by atoms with Crippen molar-refractivity contribution in [2.24, 2.45) is 16.7 Å². The standard InChI is InChI=1S/C16H25N3O/c1-5-11-17-12(8-13(20)18-11)19-14-15(2,3)10-6-7-16(14,4)9-10/h8,10,14H,5-7,9H2,1-4H3,(H2,17,18,19,20).